The highest BCUT2D eigenvalue weighted by Crippen LogP contribution is 2.40. The Morgan fingerprint density at radius 1 is 1.28 bits per heavy atom. The van der Waals surface area contributed by atoms with Crippen molar-refractivity contribution in [1.29, 1.82) is 0 Å². The number of aliphatic carboxylic acids is 1. The number of urea groups is 1. The van der Waals surface area contributed by atoms with E-state index in [1.54, 1.807) is 0 Å². The molecule has 5 nitrogen and oxygen atoms in total. The van der Waals surface area contributed by atoms with Crippen LogP contribution >= 0.6 is 0 Å². The van der Waals surface area contributed by atoms with E-state index < -0.39 is 11.5 Å². The van der Waals surface area contributed by atoms with Crippen LogP contribution in [0.5, 0.6) is 0 Å². The lowest BCUT2D eigenvalue weighted by molar-refractivity contribution is -0.137. The van der Waals surface area contributed by atoms with Crippen LogP contribution < -0.4 is 5.32 Å². The Bertz CT molecular complexity index is 808. The molecule has 3 rings (SSSR count). The molecular weight excluding hydrogens is 364 g/mol. The van der Waals surface area contributed by atoms with Gasteiger partial charge in [-0.15, -0.1) is 0 Å². The normalized spacial score (nSPS) is 23.1. The molecule has 1 aromatic rings. The zero-order valence-corrected chi connectivity index (χ0v) is 18.1. The number of aryl methyl sites for hydroxylation is 1. The lowest BCUT2D eigenvalue weighted by Gasteiger charge is -2.42. The first-order valence-corrected chi connectivity index (χ1v) is 10.9. The van der Waals surface area contributed by atoms with Crippen LogP contribution in [0.2, 0.25) is 0 Å². The standard InChI is InChI=1S/C24H34N2O3/c1-16(2)21-15-26(13-12-22(27)28)23(29)25-24(21,4)19-10-11-20(17(3)14-19)18-8-6-5-7-9-18/h10-11,14-16,18H,5-9,12-13H2,1-4H3,(H,25,29)(H,27,28)/t24-/m0/s1. The molecule has 1 heterocycles. The highest BCUT2D eigenvalue weighted by Gasteiger charge is 2.39. The fraction of sp³-hybridized carbons (Fsp3) is 0.583. The number of amides is 2. The van der Waals surface area contributed by atoms with E-state index in [-0.39, 0.29) is 24.9 Å². The third-order valence-corrected chi connectivity index (χ3v) is 6.57. The van der Waals surface area contributed by atoms with Gasteiger partial charge in [0.15, 0.2) is 0 Å². The first-order chi connectivity index (χ1) is 13.7. The molecule has 1 saturated carbocycles. The fourth-order valence-corrected chi connectivity index (χ4v) is 4.92. The van der Waals surface area contributed by atoms with Crippen molar-refractivity contribution >= 4 is 12.0 Å². The molecule has 0 bridgehead atoms. The van der Waals surface area contributed by atoms with E-state index in [0.29, 0.717) is 5.92 Å². The van der Waals surface area contributed by atoms with Crippen molar-refractivity contribution in [2.75, 3.05) is 6.54 Å². The van der Waals surface area contributed by atoms with E-state index in [2.05, 4.69) is 51.2 Å². The molecule has 1 aliphatic heterocycles. The van der Waals surface area contributed by atoms with E-state index in [0.717, 1.165) is 11.1 Å². The van der Waals surface area contributed by atoms with Gasteiger partial charge in [-0.2, -0.15) is 0 Å². The number of nitrogens with zero attached hydrogens (tertiary/aromatic N) is 1. The molecule has 0 spiro atoms. The van der Waals surface area contributed by atoms with Gasteiger partial charge in [-0.25, -0.2) is 4.79 Å². The minimum Gasteiger partial charge on any atom is -0.481 e. The average molecular weight is 399 g/mol. The lowest BCUT2D eigenvalue weighted by atomic mass is 9.76. The summed E-state index contributed by atoms with van der Waals surface area (Å²) in [6.07, 6.45) is 8.29. The summed E-state index contributed by atoms with van der Waals surface area (Å²) in [6, 6.07) is 6.41. The highest BCUT2D eigenvalue weighted by molar-refractivity contribution is 5.80. The molecule has 29 heavy (non-hydrogen) atoms. The molecule has 2 aliphatic rings. The van der Waals surface area contributed by atoms with Crippen molar-refractivity contribution in [3.8, 4) is 0 Å². The summed E-state index contributed by atoms with van der Waals surface area (Å²) in [6.45, 7) is 8.63. The van der Waals surface area contributed by atoms with Crippen LogP contribution in [-0.4, -0.2) is 28.6 Å². The van der Waals surface area contributed by atoms with Crippen LogP contribution in [0.15, 0.2) is 30.0 Å². The number of rotatable bonds is 6. The van der Waals surface area contributed by atoms with Gasteiger partial charge in [0, 0.05) is 12.7 Å². The molecular formula is C24H34N2O3. The Hall–Kier alpha value is -2.30. The monoisotopic (exact) mass is 398 g/mol. The molecule has 0 unspecified atom stereocenters. The first-order valence-electron chi connectivity index (χ1n) is 10.9. The quantitative estimate of drug-likeness (QED) is 0.683. The molecule has 0 radical (unpaired) electrons. The molecule has 158 valence electrons. The van der Waals surface area contributed by atoms with Gasteiger partial charge >= 0.3 is 12.0 Å². The van der Waals surface area contributed by atoms with Crippen molar-refractivity contribution < 1.29 is 14.7 Å². The third kappa shape index (κ3) is 4.49. The predicted octanol–water partition coefficient (Wildman–Crippen LogP) is 5.30. The summed E-state index contributed by atoms with van der Waals surface area (Å²) >= 11 is 0. The van der Waals surface area contributed by atoms with Gasteiger partial charge in [0.1, 0.15) is 0 Å². The molecule has 1 aromatic carbocycles. The van der Waals surface area contributed by atoms with E-state index in [4.69, 9.17) is 5.11 Å². The number of carboxylic acids is 1. The van der Waals surface area contributed by atoms with Crippen LogP contribution in [0.4, 0.5) is 4.79 Å². The van der Waals surface area contributed by atoms with Crippen molar-refractivity contribution in [2.45, 2.75) is 77.7 Å². The maximum atomic E-state index is 12.7. The van der Waals surface area contributed by atoms with Crippen molar-refractivity contribution in [3.05, 3.63) is 46.7 Å². The molecule has 0 saturated heterocycles. The number of hydrogen-bond donors (Lipinski definition) is 2. The van der Waals surface area contributed by atoms with E-state index >= 15 is 0 Å². The van der Waals surface area contributed by atoms with Crippen molar-refractivity contribution in [2.24, 2.45) is 5.92 Å². The summed E-state index contributed by atoms with van der Waals surface area (Å²) in [4.78, 5) is 25.2. The fourth-order valence-electron chi connectivity index (χ4n) is 4.92. The van der Waals surface area contributed by atoms with Crippen molar-refractivity contribution in [3.63, 3.8) is 0 Å². The third-order valence-electron chi connectivity index (χ3n) is 6.57. The Balaban J connectivity index is 1.93. The minimum atomic E-state index is -0.903. The van der Waals surface area contributed by atoms with E-state index in [9.17, 15) is 9.59 Å². The second-order valence-corrected chi connectivity index (χ2v) is 9.04. The molecule has 5 heteroatoms. The van der Waals surface area contributed by atoms with Crippen molar-refractivity contribution in [1.82, 2.24) is 10.2 Å². The van der Waals surface area contributed by atoms with Crippen LogP contribution in [-0.2, 0) is 10.3 Å². The highest BCUT2D eigenvalue weighted by atomic mass is 16.4. The van der Waals surface area contributed by atoms with Crippen LogP contribution in [0.1, 0.15) is 81.9 Å². The van der Waals surface area contributed by atoms with E-state index in [1.165, 1.54) is 48.1 Å². The molecule has 1 atom stereocenters. The van der Waals surface area contributed by atoms with Gasteiger partial charge in [-0.1, -0.05) is 51.3 Å². The molecule has 1 fully saturated rings. The van der Waals surface area contributed by atoms with Gasteiger partial charge in [0.2, 0.25) is 0 Å². The largest absolute Gasteiger partial charge is 0.481 e. The molecule has 2 N–H and O–H groups in total. The SMILES string of the molecule is Cc1cc([C@]2(C)NC(=O)N(CCC(=O)O)C=C2C(C)C)ccc1C1CCCCC1. The maximum absolute atomic E-state index is 12.7. The topological polar surface area (TPSA) is 69.6 Å². The molecule has 0 aromatic heterocycles. The number of benzene rings is 1. The number of carbonyl (C=O) groups excluding carboxylic acids is 1. The Morgan fingerprint density at radius 2 is 1.97 bits per heavy atom. The molecule has 2 amide bonds. The maximum Gasteiger partial charge on any atom is 0.322 e. The Morgan fingerprint density at radius 3 is 2.55 bits per heavy atom. The van der Waals surface area contributed by atoms with Crippen LogP contribution in [0.25, 0.3) is 0 Å². The number of hydrogen-bond acceptors (Lipinski definition) is 2. The summed E-state index contributed by atoms with van der Waals surface area (Å²) < 4.78 is 0. The zero-order chi connectivity index (χ0) is 21.2. The summed E-state index contributed by atoms with van der Waals surface area (Å²) in [5, 5.41) is 12.1. The lowest BCUT2D eigenvalue weighted by Crippen LogP contribution is -2.55. The van der Waals surface area contributed by atoms with Gasteiger partial charge in [0.05, 0.1) is 12.0 Å². The van der Waals surface area contributed by atoms with Crippen LogP contribution in [0.3, 0.4) is 0 Å². The van der Waals surface area contributed by atoms with E-state index in [1.807, 2.05) is 6.20 Å². The van der Waals surface area contributed by atoms with Gasteiger partial charge in [-0.3, -0.25) is 4.79 Å². The van der Waals surface area contributed by atoms with Gasteiger partial charge < -0.3 is 15.3 Å². The zero-order valence-electron chi connectivity index (χ0n) is 18.1. The van der Waals surface area contributed by atoms with Gasteiger partial charge in [-0.05, 0) is 60.8 Å². The minimum absolute atomic E-state index is 0.0683. The average Bonchev–Trinajstić information content (AvgIpc) is 2.67. The number of carboxylic acid groups (broad SMARTS) is 1. The summed E-state index contributed by atoms with van der Waals surface area (Å²) in [5.74, 6) is -0.0380. The molecule has 1 aliphatic carbocycles. The predicted molar refractivity (Wildman–Crippen MR) is 115 cm³/mol. The second-order valence-electron chi connectivity index (χ2n) is 9.04. The van der Waals surface area contributed by atoms with Crippen LogP contribution in [0, 0.1) is 12.8 Å². The van der Waals surface area contributed by atoms with Gasteiger partial charge in [0.25, 0.3) is 0 Å². The first kappa shape index (κ1) is 21.4. The number of carbonyl (C=O) groups is 2. The smallest absolute Gasteiger partial charge is 0.322 e. The second kappa shape index (κ2) is 8.60. The summed E-state index contributed by atoms with van der Waals surface area (Å²) in [7, 11) is 0. The Labute approximate surface area is 174 Å². The Kier molecular flexibility index (Phi) is 6.35. The summed E-state index contributed by atoms with van der Waals surface area (Å²) in [5.41, 5.74) is 4.31. The number of nitrogens with one attached hydrogen (secondary N) is 1.